The molecule has 0 aliphatic rings. The molecule has 1 aromatic rings. The molecule has 3 heteroatoms. The topological polar surface area (TPSA) is 21.7 Å². The van der Waals surface area contributed by atoms with Crippen LogP contribution < -0.4 is 0 Å². The van der Waals surface area contributed by atoms with E-state index in [9.17, 15) is 0 Å². The van der Waals surface area contributed by atoms with E-state index in [-0.39, 0.29) is 0 Å². The van der Waals surface area contributed by atoms with Crippen molar-refractivity contribution in [1.29, 1.82) is 0 Å². The Balaban J connectivity index is 2.31. The van der Waals surface area contributed by atoms with Crippen LogP contribution in [-0.4, -0.2) is 52.0 Å². The smallest absolute Gasteiger partial charge is 0.0589 e. The molecule has 1 aromatic carbocycles. The first-order valence-electron chi connectivity index (χ1n) is 6.11. The third-order valence-electron chi connectivity index (χ3n) is 2.78. The molecule has 0 atom stereocenters. The molecular weight excluding hydrogens is 214 g/mol. The molecule has 0 bridgehead atoms. The molecule has 0 unspecified atom stereocenters. The molecule has 0 N–H and O–H groups in total. The van der Waals surface area contributed by atoms with Gasteiger partial charge in [-0.1, -0.05) is 30.3 Å². The van der Waals surface area contributed by atoms with Crippen molar-refractivity contribution in [3.05, 3.63) is 35.9 Å². The van der Waals surface area contributed by atoms with Crippen molar-refractivity contribution in [2.75, 3.05) is 47.1 Å². The minimum absolute atomic E-state index is 0.776. The molecule has 0 saturated heterocycles. The highest BCUT2D eigenvalue weighted by molar-refractivity contribution is 5.14. The third kappa shape index (κ3) is 6.41. The number of hydrogen-bond donors (Lipinski definition) is 0. The summed E-state index contributed by atoms with van der Waals surface area (Å²) in [6.07, 6.45) is 1.08. The maximum Gasteiger partial charge on any atom is 0.0589 e. The first-order valence-corrected chi connectivity index (χ1v) is 6.11. The lowest BCUT2D eigenvalue weighted by Gasteiger charge is -2.21. The minimum atomic E-state index is 0.776. The third-order valence-corrected chi connectivity index (χ3v) is 2.78. The van der Waals surface area contributed by atoms with E-state index in [4.69, 9.17) is 9.47 Å². The lowest BCUT2D eigenvalue weighted by atomic mass is 10.1. The molecule has 0 aliphatic heterocycles. The predicted molar refractivity (Wildman–Crippen MR) is 70.3 cm³/mol. The van der Waals surface area contributed by atoms with Crippen molar-refractivity contribution >= 4 is 0 Å². The summed E-state index contributed by atoms with van der Waals surface area (Å²) < 4.78 is 10.2. The average Bonchev–Trinajstić information content (AvgIpc) is 2.39. The molecule has 1 rings (SSSR count). The van der Waals surface area contributed by atoms with Crippen LogP contribution in [0.2, 0.25) is 0 Å². The largest absolute Gasteiger partial charge is 0.383 e. The summed E-state index contributed by atoms with van der Waals surface area (Å²) in [5.74, 6) is 0. The van der Waals surface area contributed by atoms with Gasteiger partial charge in [0.05, 0.1) is 13.2 Å². The first-order chi connectivity index (χ1) is 8.36. The molecule has 0 amide bonds. The summed E-state index contributed by atoms with van der Waals surface area (Å²) in [4.78, 5) is 2.38. The molecule has 0 saturated carbocycles. The molecule has 3 nitrogen and oxygen atoms in total. The van der Waals surface area contributed by atoms with Gasteiger partial charge in [0.1, 0.15) is 0 Å². The summed E-state index contributed by atoms with van der Waals surface area (Å²) in [6.45, 7) is 4.53. The normalized spacial score (nSPS) is 11.0. The summed E-state index contributed by atoms with van der Waals surface area (Å²) in [5, 5.41) is 0. The van der Waals surface area contributed by atoms with Crippen molar-refractivity contribution in [3.63, 3.8) is 0 Å². The standard InChI is InChI=1S/C14H23NO2/c1-16-12-10-15(11-13-17-2)9-8-14-6-4-3-5-7-14/h3-7H,8-13H2,1-2H3. The number of rotatable bonds is 9. The van der Waals surface area contributed by atoms with Gasteiger partial charge < -0.3 is 9.47 Å². The van der Waals surface area contributed by atoms with Crippen LogP contribution in [0.4, 0.5) is 0 Å². The van der Waals surface area contributed by atoms with Crippen LogP contribution in [0.5, 0.6) is 0 Å². The second-order valence-corrected chi connectivity index (χ2v) is 4.06. The second-order valence-electron chi connectivity index (χ2n) is 4.06. The van der Waals surface area contributed by atoms with Gasteiger partial charge in [0, 0.05) is 33.9 Å². The highest BCUT2D eigenvalue weighted by atomic mass is 16.5. The van der Waals surface area contributed by atoms with Crippen molar-refractivity contribution in [3.8, 4) is 0 Å². The van der Waals surface area contributed by atoms with Gasteiger partial charge >= 0.3 is 0 Å². The average molecular weight is 237 g/mol. The van der Waals surface area contributed by atoms with Crippen molar-refractivity contribution in [2.24, 2.45) is 0 Å². The first kappa shape index (κ1) is 14.2. The predicted octanol–water partition coefficient (Wildman–Crippen LogP) is 1.82. The molecule has 0 spiro atoms. The highest BCUT2D eigenvalue weighted by Gasteiger charge is 2.04. The molecular formula is C14H23NO2. The van der Waals surface area contributed by atoms with Crippen molar-refractivity contribution in [2.45, 2.75) is 6.42 Å². The molecule has 0 aromatic heterocycles. The van der Waals surface area contributed by atoms with E-state index in [0.717, 1.165) is 39.3 Å². The minimum Gasteiger partial charge on any atom is -0.383 e. The Hall–Kier alpha value is -0.900. The van der Waals surface area contributed by atoms with Crippen LogP contribution in [-0.2, 0) is 15.9 Å². The number of hydrogen-bond acceptors (Lipinski definition) is 3. The Morgan fingerprint density at radius 2 is 1.47 bits per heavy atom. The number of ether oxygens (including phenoxy) is 2. The lowest BCUT2D eigenvalue weighted by Crippen LogP contribution is -2.32. The van der Waals surface area contributed by atoms with E-state index in [1.165, 1.54) is 5.56 Å². The quantitative estimate of drug-likeness (QED) is 0.654. The maximum atomic E-state index is 5.12. The summed E-state index contributed by atoms with van der Waals surface area (Å²) in [5.41, 5.74) is 1.38. The van der Waals surface area contributed by atoms with Crippen LogP contribution in [0.25, 0.3) is 0 Å². The zero-order valence-electron chi connectivity index (χ0n) is 10.9. The van der Waals surface area contributed by atoms with Gasteiger partial charge in [-0.2, -0.15) is 0 Å². The van der Waals surface area contributed by atoms with Gasteiger partial charge in [0.15, 0.2) is 0 Å². The van der Waals surface area contributed by atoms with Crippen LogP contribution in [0.3, 0.4) is 0 Å². The van der Waals surface area contributed by atoms with E-state index >= 15 is 0 Å². The summed E-state index contributed by atoms with van der Waals surface area (Å²) >= 11 is 0. The van der Waals surface area contributed by atoms with E-state index in [2.05, 4.69) is 35.2 Å². The fourth-order valence-corrected chi connectivity index (χ4v) is 1.71. The van der Waals surface area contributed by atoms with Gasteiger partial charge in [0.2, 0.25) is 0 Å². The molecule has 17 heavy (non-hydrogen) atoms. The summed E-state index contributed by atoms with van der Waals surface area (Å²) in [6, 6.07) is 10.6. The Labute approximate surface area is 104 Å². The number of methoxy groups -OCH3 is 2. The van der Waals surface area contributed by atoms with E-state index in [1.54, 1.807) is 14.2 Å². The lowest BCUT2D eigenvalue weighted by molar-refractivity contribution is 0.115. The SMILES string of the molecule is COCCN(CCOC)CCc1ccccc1. The van der Waals surface area contributed by atoms with E-state index in [1.807, 2.05) is 0 Å². The molecule has 0 heterocycles. The van der Waals surface area contributed by atoms with Gasteiger partial charge in [-0.15, -0.1) is 0 Å². The zero-order valence-corrected chi connectivity index (χ0v) is 10.9. The fourth-order valence-electron chi connectivity index (χ4n) is 1.71. The van der Waals surface area contributed by atoms with Crippen LogP contribution in [0, 0.1) is 0 Å². The van der Waals surface area contributed by atoms with Crippen molar-refractivity contribution in [1.82, 2.24) is 4.90 Å². The van der Waals surface area contributed by atoms with Gasteiger partial charge in [-0.3, -0.25) is 4.90 Å². The molecule has 0 fully saturated rings. The van der Waals surface area contributed by atoms with Gasteiger partial charge in [0.25, 0.3) is 0 Å². The maximum absolute atomic E-state index is 5.12. The van der Waals surface area contributed by atoms with Crippen molar-refractivity contribution < 1.29 is 9.47 Å². The van der Waals surface area contributed by atoms with Crippen LogP contribution >= 0.6 is 0 Å². The summed E-state index contributed by atoms with van der Waals surface area (Å²) in [7, 11) is 3.48. The van der Waals surface area contributed by atoms with Crippen LogP contribution in [0.1, 0.15) is 5.56 Å². The number of benzene rings is 1. The molecule has 0 radical (unpaired) electrons. The number of nitrogens with zero attached hydrogens (tertiary/aromatic N) is 1. The van der Waals surface area contributed by atoms with Crippen LogP contribution in [0.15, 0.2) is 30.3 Å². The van der Waals surface area contributed by atoms with Gasteiger partial charge in [-0.25, -0.2) is 0 Å². The Morgan fingerprint density at radius 3 is 2.00 bits per heavy atom. The van der Waals surface area contributed by atoms with E-state index in [0.29, 0.717) is 0 Å². The Bertz CT molecular complexity index is 269. The zero-order chi connectivity index (χ0) is 12.3. The molecule has 96 valence electrons. The van der Waals surface area contributed by atoms with Gasteiger partial charge in [-0.05, 0) is 12.0 Å². The Kier molecular flexibility index (Phi) is 7.63. The Morgan fingerprint density at radius 1 is 0.882 bits per heavy atom. The highest BCUT2D eigenvalue weighted by Crippen LogP contribution is 2.01. The molecule has 0 aliphatic carbocycles. The second kappa shape index (κ2) is 9.16. The monoisotopic (exact) mass is 237 g/mol. The fraction of sp³-hybridized carbons (Fsp3) is 0.571. The van der Waals surface area contributed by atoms with E-state index < -0.39 is 0 Å².